The largest absolute Gasteiger partial charge is 0.493 e. The van der Waals surface area contributed by atoms with Gasteiger partial charge in [-0.25, -0.2) is 0 Å². The summed E-state index contributed by atoms with van der Waals surface area (Å²) in [6, 6.07) is 19.7. The highest BCUT2D eigenvalue weighted by Gasteiger charge is 2.54. The predicted octanol–water partition coefficient (Wildman–Crippen LogP) is 7.97. The van der Waals surface area contributed by atoms with Crippen molar-refractivity contribution < 1.29 is 18.9 Å². The van der Waals surface area contributed by atoms with E-state index in [1.807, 2.05) is 13.8 Å². The molecule has 0 bridgehead atoms. The van der Waals surface area contributed by atoms with Crippen LogP contribution in [0.2, 0.25) is 0 Å². The molecule has 1 spiro atoms. The van der Waals surface area contributed by atoms with E-state index < -0.39 is 5.79 Å². The monoisotopic (exact) mass is 551 g/mol. The lowest BCUT2D eigenvalue weighted by Crippen LogP contribution is -2.41. The molecule has 0 aromatic heterocycles. The summed E-state index contributed by atoms with van der Waals surface area (Å²) in [4.78, 5) is 0. The number of nitrogens with zero attached hydrogens (tertiary/aromatic N) is 1. The molecule has 2 fully saturated rings. The number of ether oxygens (including phenoxy) is 4. The van der Waals surface area contributed by atoms with E-state index in [1.165, 1.54) is 57.3 Å². The van der Waals surface area contributed by atoms with Gasteiger partial charge < -0.3 is 18.9 Å². The van der Waals surface area contributed by atoms with Crippen LogP contribution in [-0.4, -0.2) is 25.6 Å². The third-order valence-electron chi connectivity index (χ3n) is 9.39. The number of fused-ring (bicyclic) bond motifs is 1. The van der Waals surface area contributed by atoms with E-state index >= 15 is 0 Å². The number of hydrogen-bond donors (Lipinski definition) is 0. The minimum absolute atomic E-state index is 0.224. The zero-order valence-electron chi connectivity index (χ0n) is 25.0. The summed E-state index contributed by atoms with van der Waals surface area (Å²) < 4.78 is 24.1. The van der Waals surface area contributed by atoms with Gasteiger partial charge in [0.1, 0.15) is 18.1 Å². The lowest BCUT2D eigenvalue weighted by molar-refractivity contribution is -0.264. The Morgan fingerprint density at radius 2 is 1.66 bits per heavy atom. The van der Waals surface area contributed by atoms with Crippen LogP contribution in [0.25, 0.3) is 11.1 Å². The molecule has 5 nitrogen and oxygen atoms in total. The van der Waals surface area contributed by atoms with Crippen molar-refractivity contribution in [2.75, 3.05) is 19.8 Å². The molecular formula is C36H41NO4. The molecule has 6 rings (SSSR count). The molecule has 214 valence electrons. The van der Waals surface area contributed by atoms with Gasteiger partial charge in [0.15, 0.2) is 5.79 Å². The molecule has 5 heteroatoms. The second-order valence-electron chi connectivity index (χ2n) is 12.8. The second kappa shape index (κ2) is 10.8. The molecule has 1 atom stereocenters. The normalized spacial score (nSPS) is 20.4. The van der Waals surface area contributed by atoms with E-state index in [1.54, 1.807) is 0 Å². The first kappa shape index (κ1) is 27.8. The van der Waals surface area contributed by atoms with Gasteiger partial charge in [0.25, 0.3) is 0 Å². The number of nitriles is 1. The molecule has 0 amide bonds. The van der Waals surface area contributed by atoms with E-state index in [9.17, 15) is 5.26 Å². The molecule has 2 aliphatic carbocycles. The predicted molar refractivity (Wildman–Crippen MR) is 160 cm³/mol. The first-order valence-corrected chi connectivity index (χ1v) is 14.9. The van der Waals surface area contributed by atoms with E-state index in [0.29, 0.717) is 44.2 Å². The molecule has 1 aliphatic heterocycles. The van der Waals surface area contributed by atoms with Crippen LogP contribution in [0.3, 0.4) is 0 Å². The number of rotatable bonds is 8. The molecule has 3 aromatic rings. The highest BCUT2D eigenvalue weighted by molar-refractivity contribution is 5.75. The van der Waals surface area contributed by atoms with E-state index in [-0.39, 0.29) is 5.92 Å². The summed E-state index contributed by atoms with van der Waals surface area (Å²) in [7, 11) is 0. The zero-order chi connectivity index (χ0) is 28.8. The number of aryl methyl sites for hydroxylation is 2. The van der Waals surface area contributed by atoms with Crippen molar-refractivity contribution in [2.45, 2.75) is 78.6 Å². The highest BCUT2D eigenvalue weighted by atomic mass is 16.7. The summed E-state index contributed by atoms with van der Waals surface area (Å²) in [6.45, 7) is 12.8. The van der Waals surface area contributed by atoms with Gasteiger partial charge in [-0.2, -0.15) is 5.26 Å². The fraction of sp³-hybridized carbons (Fsp3) is 0.472. The van der Waals surface area contributed by atoms with Gasteiger partial charge in [0.2, 0.25) is 0 Å². The Morgan fingerprint density at radius 3 is 2.34 bits per heavy atom. The fourth-order valence-electron chi connectivity index (χ4n) is 6.84. The van der Waals surface area contributed by atoms with Gasteiger partial charge in [-0.05, 0) is 128 Å². The first-order valence-electron chi connectivity index (χ1n) is 14.9. The van der Waals surface area contributed by atoms with Gasteiger partial charge in [-0.1, -0.05) is 24.3 Å². The van der Waals surface area contributed by atoms with Crippen molar-refractivity contribution in [3.05, 3.63) is 81.9 Å². The quantitative estimate of drug-likeness (QED) is 0.284. The molecule has 3 aromatic carbocycles. The molecule has 1 saturated carbocycles. The number of hydrogen-bond acceptors (Lipinski definition) is 5. The summed E-state index contributed by atoms with van der Waals surface area (Å²) in [5.41, 5.74) is 10.3. The molecule has 1 unspecified atom stereocenters. The van der Waals surface area contributed by atoms with Crippen molar-refractivity contribution >= 4 is 0 Å². The Balaban J connectivity index is 1.14. The van der Waals surface area contributed by atoms with Crippen LogP contribution in [0.1, 0.15) is 72.4 Å². The third kappa shape index (κ3) is 5.61. The van der Waals surface area contributed by atoms with Crippen molar-refractivity contribution in [3.63, 3.8) is 0 Å². The average molecular weight is 552 g/mol. The second-order valence-corrected chi connectivity index (χ2v) is 12.8. The first-order chi connectivity index (χ1) is 19.7. The van der Waals surface area contributed by atoms with Crippen LogP contribution >= 0.6 is 0 Å². The van der Waals surface area contributed by atoms with Gasteiger partial charge >= 0.3 is 0 Å². The van der Waals surface area contributed by atoms with Crippen LogP contribution < -0.4 is 9.47 Å². The zero-order valence-corrected chi connectivity index (χ0v) is 25.0. The van der Waals surface area contributed by atoms with Gasteiger partial charge in [-0.15, -0.1) is 0 Å². The van der Waals surface area contributed by atoms with Gasteiger partial charge in [-0.3, -0.25) is 0 Å². The maximum atomic E-state index is 9.35. The van der Waals surface area contributed by atoms with E-state index in [4.69, 9.17) is 18.9 Å². The molecule has 41 heavy (non-hydrogen) atoms. The van der Waals surface area contributed by atoms with Crippen molar-refractivity contribution in [3.8, 4) is 28.7 Å². The van der Waals surface area contributed by atoms with E-state index in [2.05, 4.69) is 75.4 Å². The van der Waals surface area contributed by atoms with Crippen molar-refractivity contribution in [1.29, 1.82) is 5.26 Å². The highest BCUT2D eigenvalue weighted by Crippen LogP contribution is 2.64. The Morgan fingerprint density at radius 1 is 0.927 bits per heavy atom. The molecule has 0 N–H and O–H groups in total. The van der Waals surface area contributed by atoms with Crippen LogP contribution in [0.5, 0.6) is 11.5 Å². The van der Waals surface area contributed by atoms with Gasteiger partial charge in [0, 0.05) is 18.3 Å². The molecule has 1 saturated heterocycles. The van der Waals surface area contributed by atoms with Crippen LogP contribution in [0.4, 0.5) is 0 Å². The Bertz CT molecular complexity index is 1460. The third-order valence-corrected chi connectivity index (χ3v) is 9.39. The average Bonchev–Trinajstić information content (AvgIpc) is 3.64. The fourth-order valence-corrected chi connectivity index (χ4v) is 6.84. The Hall–Kier alpha value is -3.33. The smallest absolute Gasteiger partial charge is 0.162 e. The van der Waals surface area contributed by atoms with Crippen LogP contribution in [0.15, 0.2) is 48.5 Å². The van der Waals surface area contributed by atoms with Crippen molar-refractivity contribution in [1.82, 2.24) is 0 Å². The summed E-state index contributed by atoms with van der Waals surface area (Å²) in [5, 5.41) is 9.35. The maximum Gasteiger partial charge on any atom is 0.162 e. The molecule has 3 aliphatic rings. The summed E-state index contributed by atoms with van der Waals surface area (Å²) in [5.74, 6) is 1.90. The Labute approximate surface area is 244 Å². The number of benzene rings is 3. The standard InChI is InChI=1S/C36H41NO4/c1-23-15-30(38-19-26-20-40-35(4,5)41-21-26)16-24(2)34(23)31-8-6-7-27(25(31)3)22-39-29-9-10-32-28(17-29)18-36(12-13-36)33(32)11-14-37/h6-10,15-17,26,33H,11-13,18-22H2,1-5H3. The molecular weight excluding hydrogens is 510 g/mol. The maximum absolute atomic E-state index is 9.35. The molecule has 1 heterocycles. The minimum atomic E-state index is -0.508. The molecule has 0 radical (unpaired) electrons. The minimum Gasteiger partial charge on any atom is -0.493 e. The topological polar surface area (TPSA) is 60.7 Å². The van der Waals surface area contributed by atoms with Gasteiger partial charge in [0.05, 0.1) is 25.9 Å². The SMILES string of the molecule is Cc1cc(OCC2COC(C)(C)OC2)cc(C)c1-c1cccc(COc2ccc3c(c2)CC2(CC2)C3CC#N)c1C. The van der Waals surface area contributed by atoms with Crippen LogP contribution in [-0.2, 0) is 22.5 Å². The Kier molecular flexibility index (Phi) is 7.34. The lowest BCUT2D eigenvalue weighted by atomic mass is 9.87. The summed E-state index contributed by atoms with van der Waals surface area (Å²) >= 11 is 0. The van der Waals surface area contributed by atoms with E-state index in [0.717, 1.165) is 17.9 Å². The van der Waals surface area contributed by atoms with Crippen LogP contribution in [0, 0.1) is 43.4 Å². The summed E-state index contributed by atoms with van der Waals surface area (Å²) in [6.07, 6.45) is 4.18. The lowest BCUT2D eigenvalue weighted by Gasteiger charge is -2.34. The van der Waals surface area contributed by atoms with Crippen molar-refractivity contribution in [2.24, 2.45) is 11.3 Å².